The minimum Gasteiger partial charge on any atom is -0.477 e. The zero-order chi connectivity index (χ0) is 44.9. The highest BCUT2D eigenvalue weighted by Crippen LogP contribution is 2.14. The van der Waals surface area contributed by atoms with Crippen molar-refractivity contribution in [1.29, 1.82) is 0 Å². The lowest BCUT2D eigenvalue weighted by Crippen LogP contribution is -2.50. The van der Waals surface area contributed by atoms with Gasteiger partial charge in [-0.05, 0) is 70.6 Å². The predicted octanol–water partition coefficient (Wildman–Crippen LogP) is 13.9. The lowest BCUT2D eigenvalue weighted by molar-refractivity contribution is -0.887. The maximum Gasteiger partial charge on any atom is 0.362 e. The first-order valence-corrected chi connectivity index (χ1v) is 24.5. The van der Waals surface area contributed by atoms with Crippen molar-refractivity contribution >= 4 is 17.9 Å². The smallest absolute Gasteiger partial charge is 0.362 e. The van der Waals surface area contributed by atoms with E-state index in [4.69, 9.17) is 14.2 Å². The molecule has 8 nitrogen and oxygen atoms in total. The van der Waals surface area contributed by atoms with E-state index in [1.165, 1.54) is 83.5 Å². The number of carboxylic acids is 1. The molecule has 0 saturated heterocycles. The normalized spacial score (nSPS) is 13.5. The van der Waals surface area contributed by atoms with E-state index in [9.17, 15) is 19.5 Å². The summed E-state index contributed by atoms with van der Waals surface area (Å²) in [4.78, 5) is 37.1. The number of aliphatic carboxylic acids is 1. The second-order valence-corrected chi connectivity index (χ2v) is 17.4. The lowest BCUT2D eigenvalue weighted by atomic mass is 10.1. The molecule has 0 aromatic carbocycles. The fourth-order valence-electron chi connectivity index (χ4n) is 6.86. The van der Waals surface area contributed by atoms with Crippen molar-refractivity contribution in [3.8, 4) is 0 Å². The van der Waals surface area contributed by atoms with Gasteiger partial charge in [0.25, 0.3) is 0 Å². The fourth-order valence-corrected chi connectivity index (χ4v) is 6.86. The first-order chi connectivity index (χ1) is 29.6. The van der Waals surface area contributed by atoms with Gasteiger partial charge in [0.15, 0.2) is 12.1 Å². The van der Waals surface area contributed by atoms with Crippen LogP contribution in [-0.2, 0) is 28.6 Å². The Labute approximate surface area is 374 Å². The molecule has 350 valence electrons. The molecule has 1 N–H and O–H groups in total. The topological polar surface area (TPSA) is 99.1 Å². The van der Waals surface area contributed by atoms with E-state index in [0.717, 1.165) is 77.0 Å². The van der Waals surface area contributed by atoms with Gasteiger partial charge in [0.05, 0.1) is 34.4 Å². The van der Waals surface area contributed by atoms with Crippen LogP contribution < -0.4 is 0 Å². The van der Waals surface area contributed by atoms with Crippen LogP contribution in [0.3, 0.4) is 0 Å². The largest absolute Gasteiger partial charge is 0.477 e. The summed E-state index contributed by atoms with van der Waals surface area (Å²) >= 11 is 0. The standard InChI is InChI=1S/C53H91NO7/c1-6-8-10-12-14-16-18-20-22-23-24-25-26-27-28-30-31-33-35-37-39-41-43-51(55)60-48-49(47-59-46-45-50(53(57)58)54(3,4)5)61-52(56)44-42-40-38-36-34-32-29-21-19-17-15-13-11-9-7-2/h9,11,13-17,19-20,22,24-25,49-50H,6-8,10,12,18,21,23,26-48H2,1-5H3/p+1/b11-9+,15-13+,16-14+,19-17+,22-20+,25-24+. The lowest BCUT2D eigenvalue weighted by Gasteiger charge is -2.31. The van der Waals surface area contributed by atoms with Gasteiger partial charge >= 0.3 is 17.9 Å². The molecule has 0 spiro atoms. The predicted molar refractivity (Wildman–Crippen MR) is 257 cm³/mol. The molecule has 2 unspecified atom stereocenters. The maximum atomic E-state index is 12.8. The van der Waals surface area contributed by atoms with Crippen LogP contribution in [0.1, 0.15) is 194 Å². The van der Waals surface area contributed by atoms with Crippen LogP contribution in [0.4, 0.5) is 0 Å². The third-order valence-electron chi connectivity index (χ3n) is 10.7. The van der Waals surface area contributed by atoms with E-state index in [1.54, 1.807) is 0 Å². The minimum atomic E-state index is -0.880. The van der Waals surface area contributed by atoms with Crippen molar-refractivity contribution in [3.63, 3.8) is 0 Å². The number of allylic oxidation sites excluding steroid dienone is 12. The first kappa shape index (κ1) is 57.8. The fraction of sp³-hybridized carbons (Fsp3) is 0.717. The van der Waals surface area contributed by atoms with Gasteiger partial charge in [-0.15, -0.1) is 0 Å². The van der Waals surface area contributed by atoms with Crippen molar-refractivity contribution in [1.82, 2.24) is 0 Å². The summed E-state index contributed by atoms with van der Waals surface area (Å²) < 4.78 is 17.3. The Morgan fingerprint density at radius 2 is 0.984 bits per heavy atom. The van der Waals surface area contributed by atoms with E-state index in [2.05, 4.69) is 86.8 Å². The monoisotopic (exact) mass is 855 g/mol. The van der Waals surface area contributed by atoms with Crippen LogP contribution in [0.15, 0.2) is 72.9 Å². The Balaban J connectivity index is 4.27. The van der Waals surface area contributed by atoms with E-state index in [1.807, 2.05) is 21.1 Å². The van der Waals surface area contributed by atoms with Gasteiger partial charge in [0.2, 0.25) is 0 Å². The Kier molecular flexibility index (Phi) is 41.1. The number of carbonyl (C=O) groups excluding carboxylic acids is 2. The van der Waals surface area contributed by atoms with E-state index in [-0.39, 0.29) is 36.2 Å². The summed E-state index contributed by atoms with van der Waals surface area (Å²) in [5.74, 6) is -1.49. The molecule has 0 rings (SSSR count). The molecule has 8 heteroatoms. The first-order valence-electron chi connectivity index (χ1n) is 24.5. The van der Waals surface area contributed by atoms with Crippen LogP contribution >= 0.6 is 0 Å². The molecule has 0 fully saturated rings. The molecule has 0 aromatic rings. The molecule has 0 aromatic heterocycles. The molecule has 61 heavy (non-hydrogen) atoms. The molecule has 0 heterocycles. The van der Waals surface area contributed by atoms with Crippen molar-refractivity contribution in [2.75, 3.05) is 41.0 Å². The van der Waals surface area contributed by atoms with Crippen LogP contribution in [0.5, 0.6) is 0 Å². The van der Waals surface area contributed by atoms with Crippen LogP contribution in [-0.4, -0.2) is 80.6 Å². The van der Waals surface area contributed by atoms with Crippen molar-refractivity contribution in [2.45, 2.75) is 206 Å². The number of rotatable bonds is 43. The number of hydrogen-bond acceptors (Lipinski definition) is 6. The quantitative estimate of drug-likeness (QED) is 0.0214. The van der Waals surface area contributed by atoms with Crippen LogP contribution in [0.2, 0.25) is 0 Å². The third-order valence-corrected chi connectivity index (χ3v) is 10.7. The summed E-state index contributed by atoms with van der Waals surface area (Å²) in [5.41, 5.74) is 0. The van der Waals surface area contributed by atoms with Gasteiger partial charge in [-0.1, -0.05) is 177 Å². The maximum absolute atomic E-state index is 12.8. The van der Waals surface area contributed by atoms with Gasteiger partial charge in [0.1, 0.15) is 6.61 Å². The van der Waals surface area contributed by atoms with Crippen molar-refractivity contribution < 1.29 is 38.2 Å². The summed E-state index contributed by atoms with van der Waals surface area (Å²) in [7, 11) is 5.52. The Morgan fingerprint density at radius 3 is 1.49 bits per heavy atom. The number of nitrogens with zero attached hydrogens (tertiary/aromatic N) is 1. The zero-order valence-corrected chi connectivity index (χ0v) is 39.8. The van der Waals surface area contributed by atoms with Gasteiger partial charge < -0.3 is 23.8 Å². The number of hydrogen-bond donors (Lipinski definition) is 1. The highest BCUT2D eigenvalue weighted by molar-refractivity contribution is 5.72. The van der Waals surface area contributed by atoms with Crippen LogP contribution in [0, 0.1) is 0 Å². The number of carboxylic acid groups (broad SMARTS) is 1. The van der Waals surface area contributed by atoms with Gasteiger partial charge in [0, 0.05) is 19.3 Å². The van der Waals surface area contributed by atoms with Crippen molar-refractivity contribution in [3.05, 3.63) is 72.9 Å². The van der Waals surface area contributed by atoms with E-state index in [0.29, 0.717) is 19.3 Å². The van der Waals surface area contributed by atoms with Crippen molar-refractivity contribution in [2.24, 2.45) is 0 Å². The average molecular weight is 855 g/mol. The molecule has 2 atom stereocenters. The zero-order valence-electron chi connectivity index (χ0n) is 39.8. The number of carbonyl (C=O) groups is 3. The van der Waals surface area contributed by atoms with Gasteiger partial charge in [-0.2, -0.15) is 0 Å². The molecular formula is C53H92NO7+. The third kappa shape index (κ3) is 41.9. The highest BCUT2D eigenvalue weighted by atomic mass is 16.6. The Morgan fingerprint density at radius 1 is 0.525 bits per heavy atom. The highest BCUT2D eigenvalue weighted by Gasteiger charge is 2.31. The van der Waals surface area contributed by atoms with Gasteiger partial charge in [-0.25, -0.2) is 4.79 Å². The average Bonchev–Trinajstić information content (AvgIpc) is 3.22. The molecule has 0 aliphatic heterocycles. The second-order valence-electron chi connectivity index (χ2n) is 17.4. The molecule has 0 aliphatic carbocycles. The number of likely N-dealkylation sites (N-methyl/N-ethyl adjacent to an activating group) is 1. The molecule has 0 saturated carbocycles. The molecular weight excluding hydrogens is 763 g/mol. The molecule has 0 radical (unpaired) electrons. The number of quaternary nitrogens is 1. The molecule has 0 aliphatic rings. The Hall–Kier alpha value is -3.23. The second kappa shape index (κ2) is 43.4. The van der Waals surface area contributed by atoms with E-state index < -0.39 is 18.1 Å². The number of unbranched alkanes of at least 4 members (excludes halogenated alkanes) is 19. The Bertz CT molecular complexity index is 1230. The number of esters is 2. The van der Waals surface area contributed by atoms with Gasteiger partial charge in [-0.3, -0.25) is 9.59 Å². The van der Waals surface area contributed by atoms with Crippen LogP contribution in [0.25, 0.3) is 0 Å². The summed E-state index contributed by atoms with van der Waals surface area (Å²) in [6, 6.07) is -0.621. The summed E-state index contributed by atoms with van der Waals surface area (Å²) in [6.45, 7) is 4.56. The SMILES string of the molecule is CC/C=C/C=C/C=C/CCCCCCCCCC(=O)OC(COCCC(C(=O)O)[N+](C)(C)C)COC(=O)CCCCCCCCCCC/C=C/C/C=C/C/C=C/CCCCC. The summed E-state index contributed by atoms with van der Waals surface area (Å²) in [6.07, 6.45) is 55.1. The molecule has 0 amide bonds. The molecule has 0 bridgehead atoms. The number of ether oxygens (including phenoxy) is 3. The van der Waals surface area contributed by atoms with E-state index >= 15 is 0 Å². The minimum absolute atomic E-state index is 0.0513. The summed E-state index contributed by atoms with van der Waals surface area (Å²) in [5, 5.41) is 9.64.